The molecular formula is C60H78N27O14S4+. The standard InChI is InChI=1S/C60H77N27O14S4/c1-7-87(8-2)19-9-18-65-52-76-57(70-36-10-14-38(15-11-36)83-85-48-44(104(96,97)98)22-34-20-40(102(90,91)92)24-42(46(34)50(48)88)72-59-78-53(66-26-30(3)61)74-54(79-59)67-27-31(4)62)82-58(77-52)71-37-12-16-39(17-13-37)84-86-49-45(105(99,100)101)23-35-21-41(103(93,94)95)25-43(47(35)51(49)89)73-60-80-55(68-28-32(5)63)75-56(81-60)69-29-33(6)64/h10-17,20-25,30-33,88-89H,7-9,18-19,26-29,61-64H2,1-6H3,(H,90,91,92)(H,93,94,95)(H,96,97,98)(H,99,100,101)(H3,65,70,71,76,77,82)(H3,66,67,72,74,78,79)(H3,68,69,73,75,80,81)/p+1. The zero-order chi connectivity index (χ0) is 76.3. The number of anilines is 13. The number of hydrogen-bond donors (Lipinski definition) is 20. The molecule has 45 heteroatoms. The highest BCUT2D eigenvalue weighted by atomic mass is 32.2. The van der Waals surface area contributed by atoms with E-state index in [-0.39, 0.29) is 148 Å². The van der Waals surface area contributed by atoms with Gasteiger partial charge in [0.1, 0.15) is 21.2 Å². The van der Waals surface area contributed by atoms with E-state index in [2.05, 4.69) is 127 Å². The Kier molecular flexibility index (Phi) is 24.9. The molecule has 0 bridgehead atoms. The summed E-state index contributed by atoms with van der Waals surface area (Å²) in [5.74, 6) is -2.07. The van der Waals surface area contributed by atoms with Gasteiger partial charge in [-0.05, 0) is 137 Å². The van der Waals surface area contributed by atoms with Gasteiger partial charge in [0.2, 0.25) is 53.5 Å². The minimum absolute atomic E-state index is 0.00889. The zero-order valence-corrected chi connectivity index (χ0v) is 60.2. The fourth-order valence-corrected chi connectivity index (χ4v) is 12.2. The monoisotopic (exact) mass is 1530 g/mol. The molecule has 0 spiro atoms. The van der Waals surface area contributed by atoms with Gasteiger partial charge in [0.25, 0.3) is 40.5 Å². The average molecular weight is 1530 g/mol. The van der Waals surface area contributed by atoms with Gasteiger partial charge in [-0.15, -0.1) is 10.2 Å². The van der Waals surface area contributed by atoms with Crippen molar-refractivity contribution >= 4 is 161 Å². The van der Waals surface area contributed by atoms with Crippen molar-refractivity contribution in [2.24, 2.45) is 43.4 Å². The normalized spacial score (nSPS) is 13.4. The first-order valence-electron chi connectivity index (χ1n) is 32.0. The number of benzene rings is 6. The molecule has 6 aromatic carbocycles. The van der Waals surface area contributed by atoms with Crippen molar-refractivity contribution in [2.75, 3.05) is 100 Å². The molecule has 0 amide bonds. The Bertz CT molecular complexity index is 4830. The van der Waals surface area contributed by atoms with Crippen LogP contribution in [0.2, 0.25) is 0 Å². The van der Waals surface area contributed by atoms with Gasteiger partial charge in [-0.1, -0.05) is 0 Å². The van der Waals surface area contributed by atoms with Crippen molar-refractivity contribution in [1.29, 1.82) is 0 Å². The molecule has 105 heavy (non-hydrogen) atoms. The number of nitrogens with one attached hydrogen (secondary N) is 10. The Labute approximate surface area is 601 Å². The van der Waals surface area contributed by atoms with Crippen LogP contribution in [0.1, 0.15) is 48.0 Å². The number of nitrogens with two attached hydrogens (primary N) is 4. The second-order valence-electron chi connectivity index (χ2n) is 24.0. The molecule has 24 N–H and O–H groups in total. The third-order valence-corrected chi connectivity index (χ3v) is 18.3. The van der Waals surface area contributed by atoms with Gasteiger partial charge in [-0.2, -0.15) is 88.8 Å². The van der Waals surface area contributed by atoms with Crippen LogP contribution >= 0.6 is 0 Å². The molecule has 0 saturated heterocycles. The summed E-state index contributed by atoms with van der Waals surface area (Å²) in [4.78, 5) is 37.6. The van der Waals surface area contributed by atoms with Crippen LogP contribution in [0.25, 0.3) is 21.5 Å². The molecule has 3 heterocycles. The van der Waals surface area contributed by atoms with E-state index in [0.717, 1.165) is 62.5 Å². The Morgan fingerprint density at radius 1 is 0.410 bits per heavy atom. The van der Waals surface area contributed by atoms with E-state index in [9.17, 15) is 62.1 Å². The molecule has 4 unspecified atom stereocenters. The van der Waals surface area contributed by atoms with Crippen molar-refractivity contribution in [3.63, 3.8) is 0 Å². The van der Waals surface area contributed by atoms with Crippen LogP contribution in [-0.2, 0) is 40.5 Å². The maximum absolute atomic E-state index is 13.0. The van der Waals surface area contributed by atoms with Gasteiger partial charge in [0, 0.05) is 85.5 Å². The van der Waals surface area contributed by atoms with E-state index in [1.54, 1.807) is 27.7 Å². The lowest BCUT2D eigenvalue weighted by Gasteiger charge is -2.16. The second-order valence-corrected chi connectivity index (χ2v) is 29.6. The van der Waals surface area contributed by atoms with E-state index in [4.69, 9.17) is 22.9 Å². The molecule has 0 aliphatic carbocycles. The summed E-state index contributed by atoms with van der Waals surface area (Å²) >= 11 is 0. The van der Waals surface area contributed by atoms with Crippen LogP contribution in [0.4, 0.5) is 99.0 Å². The van der Waals surface area contributed by atoms with Crippen LogP contribution in [0.5, 0.6) is 11.5 Å². The van der Waals surface area contributed by atoms with Crippen LogP contribution in [-0.4, -0.2) is 183 Å². The number of phenolic OH excluding ortho intramolecular Hbond substituents is 2. The summed E-state index contributed by atoms with van der Waals surface area (Å²) in [5.41, 5.74) is 22.5. The quantitative estimate of drug-likeness (QED) is 0.0132. The number of aromatic nitrogens is 9. The Morgan fingerprint density at radius 3 is 1.02 bits per heavy atom. The molecule has 0 radical (unpaired) electrons. The first kappa shape index (κ1) is 78.4. The lowest BCUT2D eigenvalue weighted by molar-refractivity contribution is -0.896. The molecule has 0 saturated carbocycles. The number of nitrogens with zero attached hydrogens (tertiary/aromatic N) is 13. The SMILES string of the molecule is CC[NH+](CC)CCCNc1nc(Nc2ccc(N=Nc3c(S(=O)(=O)O)cc4cc(S(=O)(=O)O)cc(Nc5nc(NCC(C)N)nc(NCC(C)N)n5)c4c3O)cc2)nc(Nc2ccc(N=Nc3c(S(=O)(=O)O)cc4cc(S(=O)(=O)O)cc(Nc5nc(NCC(C)N)nc(NCC(C)N)n5)c4c3O)cc2)n1. The molecule has 0 aliphatic heterocycles. The number of rotatable bonds is 35. The summed E-state index contributed by atoms with van der Waals surface area (Å²) in [6.07, 6.45) is 0.747. The van der Waals surface area contributed by atoms with E-state index < -0.39 is 82.9 Å². The van der Waals surface area contributed by atoms with Crippen molar-refractivity contribution in [3.8, 4) is 11.5 Å². The number of quaternary nitrogens is 1. The van der Waals surface area contributed by atoms with Crippen LogP contribution in [0, 0.1) is 0 Å². The summed E-state index contributed by atoms with van der Waals surface area (Å²) < 4.78 is 144. The second kappa shape index (κ2) is 33.4. The van der Waals surface area contributed by atoms with Gasteiger partial charge in [-0.3, -0.25) is 18.2 Å². The zero-order valence-electron chi connectivity index (χ0n) is 57.0. The largest absolute Gasteiger partial charge is 0.505 e. The van der Waals surface area contributed by atoms with E-state index in [0.29, 0.717) is 17.9 Å². The third-order valence-electron chi connectivity index (χ3n) is 14.9. The fourth-order valence-electron chi connectivity index (χ4n) is 9.84. The number of fused-ring (bicyclic) bond motifs is 2. The van der Waals surface area contributed by atoms with Crippen molar-refractivity contribution in [3.05, 3.63) is 84.9 Å². The molecule has 4 atom stereocenters. The lowest BCUT2D eigenvalue weighted by atomic mass is 10.1. The Morgan fingerprint density at radius 2 is 0.714 bits per heavy atom. The maximum atomic E-state index is 13.0. The molecular weight excluding hydrogens is 1450 g/mol. The molecule has 9 aromatic rings. The first-order chi connectivity index (χ1) is 49.5. The van der Waals surface area contributed by atoms with E-state index in [1.165, 1.54) is 53.4 Å². The minimum Gasteiger partial charge on any atom is -0.505 e. The number of phenols is 2. The Balaban J connectivity index is 1.00. The van der Waals surface area contributed by atoms with Crippen molar-refractivity contribution in [2.45, 2.75) is 91.7 Å². The van der Waals surface area contributed by atoms with Gasteiger partial charge in [-0.25, -0.2) is 0 Å². The summed E-state index contributed by atoms with van der Waals surface area (Å²) in [5, 5.41) is 65.9. The smallest absolute Gasteiger partial charge is 0.296 e. The van der Waals surface area contributed by atoms with Crippen molar-refractivity contribution < 1.29 is 67.0 Å². The molecule has 9 rings (SSSR count). The highest BCUT2D eigenvalue weighted by Crippen LogP contribution is 2.48. The fraction of sp³-hybridized carbons (Fsp3) is 0.317. The highest BCUT2D eigenvalue weighted by Gasteiger charge is 2.29. The molecule has 3 aromatic heterocycles. The van der Waals surface area contributed by atoms with Crippen molar-refractivity contribution in [1.82, 2.24) is 44.9 Å². The van der Waals surface area contributed by atoms with Crippen LogP contribution < -0.4 is 75.7 Å². The van der Waals surface area contributed by atoms with E-state index >= 15 is 0 Å². The van der Waals surface area contributed by atoms with Gasteiger partial charge < -0.3 is 85.9 Å². The van der Waals surface area contributed by atoms with E-state index in [1.807, 2.05) is 0 Å². The number of hydrogen-bond acceptors (Lipinski definition) is 36. The first-order valence-corrected chi connectivity index (χ1v) is 37.8. The summed E-state index contributed by atoms with van der Waals surface area (Å²) in [6, 6.07) is 15.7. The molecule has 41 nitrogen and oxygen atoms in total. The predicted octanol–water partition coefficient (Wildman–Crippen LogP) is 5.51. The maximum Gasteiger partial charge on any atom is 0.296 e. The predicted molar refractivity (Wildman–Crippen MR) is 393 cm³/mol. The number of azo groups is 2. The highest BCUT2D eigenvalue weighted by molar-refractivity contribution is 7.86. The van der Waals surface area contributed by atoms with Gasteiger partial charge in [0.15, 0.2) is 11.5 Å². The van der Waals surface area contributed by atoms with Gasteiger partial charge >= 0.3 is 0 Å². The lowest BCUT2D eigenvalue weighted by Crippen LogP contribution is -3.11. The topological polar surface area (TPSA) is 640 Å². The van der Waals surface area contributed by atoms with Crippen LogP contribution in [0.3, 0.4) is 0 Å². The average Bonchev–Trinajstić information content (AvgIpc) is 0.753. The molecule has 0 aliphatic rings. The molecule has 560 valence electrons. The van der Waals surface area contributed by atoms with Crippen LogP contribution in [0.15, 0.2) is 125 Å². The summed E-state index contributed by atoms with van der Waals surface area (Å²) in [6.45, 7) is 15.1. The molecule has 0 fully saturated rings. The number of aromatic hydroxyl groups is 2. The summed E-state index contributed by atoms with van der Waals surface area (Å²) in [7, 11) is -20.6. The Hall–Kier alpha value is -10.7. The third kappa shape index (κ3) is 21.5. The van der Waals surface area contributed by atoms with Gasteiger partial charge in [0.05, 0.1) is 52.2 Å². The minimum atomic E-state index is -5.26.